The number of nitriles is 1. The van der Waals surface area contributed by atoms with Crippen molar-refractivity contribution in [2.24, 2.45) is 0 Å². The van der Waals surface area contributed by atoms with Crippen LogP contribution in [0.25, 0.3) is 6.08 Å². The van der Waals surface area contributed by atoms with E-state index >= 15 is 0 Å². The second-order valence-electron chi connectivity index (χ2n) is 6.92. The molecule has 3 aromatic carbocycles. The number of amides is 1. The molecule has 0 atom stereocenters. The molecule has 0 saturated carbocycles. The summed E-state index contributed by atoms with van der Waals surface area (Å²) in [4.78, 5) is 23.4. The second-order valence-corrected chi connectivity index (χ2v) is 6.92. The van der Waals surface area contributed by atoms with E-state index in [1.807, 2.05) is 19.1 Å². The summed E-state index contributed by atoms with van der Waals surface area (Å²) < 4.78 is 11.5. The Kier molecular flexibility index (Phi) is 7.81. The van der Waals surface area contributed by atoms with E-state index in [1.165, 1.54) is 18.2 Å². The number of aromatic carboxylic acids is 1. The molecule has 0 spiro atoms. The van der Waals surface area contributed by atoms with Crippen LogP contribution >= 0.6 is 0 Å². The molecule has 0 aliphatic rings. The SMILES string of the molecule is CCOc1cc(/C=C(/C#N)C(=O)Nc2ccccc2)ccc1OCc1ccc(C(=O)O)cc1. The number of ether oxygens (including phenoxy) is 2. The van der Waals surface area contributed by atoms with Crippen molar-refractivity contribution < 1.29 is 24.2 Å². The molecule has 3 aromatic rings. The second kappa shape index (κ2) is 11.2. The molecule has 7 nitrogen and oxygen atoms in total. The molecule has 2 N–H and O–H groups in total. The number of rotatable bonds is 9. The number of anilines is 1. The van der Waals surface area contributed by atoms with E-state index in [1.54, 1.807) is 54.6 Å². The molecule has 0 unspecified atom stereocenters. The average molecular weight is 442 g/mol. The Morgan fingerprint density at radius 1 is 1.00 bits per heavy atom. The van der Waals surface area contributed by atoms with E-state index in [2.05, 4.69) is 5.32 Å². The molecule has 3 rings (SSSR count). The van der Waals surface area contributed by atoms with Crippen molar-refractivity contribution in [1.82, 2.24) is 0 Å². The average Bonchev–Trinajstić information content (AvgIpc) is 2.83. The molecule has 0 saturated heterocycles. The molecule has 0 fully saturated rings. The van der Waals surface area contributed by atoms with Crippen molar-refractivity contribution in [3.05, 3.63) is 95.1 Å². The van der Waals surface area contributed by atoms with Crippen LogP contribution in [0.5, 0.6) is 11.5 Å². The highest BCUT2D eigenvalue weighted by Crippen LogP contribution is 2.30. The smallest absolute Gasteiger partial charge is 0.335 e. The van der Waals surface area contributed by atoms with Gasteiger partial charge in [-0.1, -0.05) is 36.4 Å². The lowest BCUT2D eigenvalue weighted by Crippen LogP contribution is -2.13. The number of nitrogens with zero attached hydrogens (tertiary/aromatic N) is 1. The molecule has 1 amide bonds. The first-order valence-corrected chi connectivity index (χ1v) is 10.2. The molecular weight excluding hydrogens is 420 g/mol. The van der Waals surface area contributed by atoms with Crippen LogP contribution in [0, 0.1) is 11.3 Å². The highest BCUT2D eigenvalue weighted by atomic mass is 16.5. The van der Waals surface area contributed by atoms with Crippen molar-refractivity contribution in [1.29, 1.82) is 5.26 Å². The van der Waals surface area contributed by atoms with Crippen LogP contribution in [0.4, 0.5) is 5.69 Å². The van der Waals surface area contributed by atoms with E-state index in [-0.39, 0.29) is 17.7 Å². The van der Waals surface area contributed by atoms with Gasteiger partial charge in [0, 0.05) is 5.69 Å². The van der Waals surface area contributed by atoms with Crippen molar-refractivity contribution in [2.75, 3.05) is 11.9 Å². The molecular formula is C26H22N2O5. The van der Waals surface area contributed by atoms with Crippen LogP contribution in [-0.2, 0) is 11.4 Å². The van der Waals surface area contributed by atoms with Crippen molar-refractivity contribution in [3.8, 4) is 17.6 Å². The fourth-order valence-electron chi connectivity index (χ4n) is 2.94. The minimum Gasteiger partial charge on any atom is -0.490 e. The molecule has 0 aliphatic heterocycles. The zero-order valence-electron chi connectivity index (χ0n) is 17.9. The van der Waals surface area contributed by atoms with Gasteiger partial charge in [0.2, 0.25) is 0 Å². The molecule has 0 aliphatic carbocycles. The maximum Gasteiger partial charge on any atom is 0.335 e. The Labute approximate surface area is 191 Å². The summed E-state index contributed by atoms with van der Waals surface area (Å²) >= 11 is 0. The third-order valence-electron chi connectivity index (χ3n) is 4.57. The Morgan fingerprint density at radius 3 is 2.36 bits per heavy atom. The number of carboxylic acid groups (broad SMARTS) is 1. The van der Waals surface area contributed by atoms with Gasteiger partial charge in [0.1, 0.15) is 18.2 Å². The monoisotopic (exact) mass is 442 g/mol. The fourth-order valence-corrected chi connectivity index (χ4v) is 2.94. The van der Waals surface area contributed by atoms with Crippen LogP contribution in [0.3, 0.4) is 0 Å². The van der Waals surface area contributed by atoms with Crippen molar-refractivity contribution >= 4 is 23.6 Å². The van der Waals surface area contributed by atoms with Gasteiger partial charge in [0.05, 0.1) is 12.2 Å². The number of nitrogens with one attached hydrogen (secondary N) is 1. The number of para-hydroxylation sites is 1. The van der Waals surface area contributed by atoms with Gasteiger partial charge in [-0.25, -0.2) is 4.79 Å². The first-order chi connectivity index (χ1) is 16.0. The Hall–Kier alpha value is -4.57. The van der Waals surface area contributed by atoms with Crippen LogP contribution in [-0.4, -0.2) is 23.6 Å². The molecule has 0 aromatic heterocycles. The van der Waals surface area contributed by atoms with Crippen LogP contribution in [0.15, 0.2) is 78.4 Å². The van der Waals surface area contributed by atoms with E-state index in [9.17, 15) is 14.9 Å². The van der Waals surface area contributed by atoms with E-state index in [4.69, 9.17) is 14.6 Å². The summed E-state index contributed by atoms with van der Waals surface area (Å²) in [7, 11) is 0. The van der Waals surface area contributed by atoms with Crippen molar-refractivity contribution in [2.45, 2.75) is 13.5 Å². The lowest BCUT2D eigenvalue weighted by Gasteiger charge is -2.13. The molecule has 33 heavy (non-hydrogen) atoms. The van der Waals surface area contributed by atoms with Gasteiger partial charge in [0.25, 0.3) is 5.91 Å². The van der Waals surface area contributed by atoms with Gasteiger partial charge in [-0.15, -0.1) is 0 Å². The van der Waals surface area contributed by atoms with Crippen LogP contribution < -0.4 is 14.8 Å². The van der Waals surface area contributed by atoms with Gasteiger partial charge >= 0.3 is 5.97 Å². The number of hydrogen-bond acceptors (Lipinski definition) is 5. The zero-order chi connectivity index (χ0) is 23.6. The predicted octanol–water partition coefficient (Wildman–Crippen LogP) is 4.91. The first kappa shape index (κ1) is 23.1. The summed E-state index contributed by atoms with van der Waals surface area (Å²) in [6, 6.07) is 22.3. The number of carbonyl (C=O) groups is 2. The molecule has 0 heterocycles. The molecule has 166 valence electrons. The van der Waals surface area contributed by atoms with E-state index in [0.717, 1.165) is 5.56 Å². The third kappa shape index (κ3) is 6.45. The fraction of sp³-hybridized carbons (Fsp3) is 0.115. The van der Waals surface area contributed by atoms with Gasteiger partial charge < -0.3 is 19.9 Å². The summed E-state index contributed by atoms with van der Waals surface area (Å²) in [6.07, 6.45) is 1.48. The highest BCUT2D eigenvalue weighted by molar-refractivity contribution is 6.09. The third-order valence-corrected chi connectivity index (χ3v) is 4.57. The largest absolute Gasteiger partial charge is 0.490 e. The van der Waals surface area contributed by atoms with E-state index < -0.39 is 11.9 Å². The van der Waals surface area contributed by atoms with Gasteiger partial charge in [-0.3, -0.25) is 4.79 Å². The maximum atomic E-state index is 12.5. The van der Waals surface area contributed by atoms with Gasteiger partial charge in [0.15, 0.2) is 11.5 Å². The van der Waals surface area contributed by atoms with Crippen molar-refractivity contribution in [3.63, 3.8) is 0 Å². The Morgan fingerprint density at radius 2 is 1.73 bits per heavy atom. The quantitative estimate of drug-likeness (QED) is 0.360. The molecule has 0 bridgehead atoms. The maximum absolute atomic E-state index is 12.5. The molecule has 7 heteroatoms. The summed E-state index contributed by atoms with van der Waals surface area (Å²) in [5, 5.41) is 21.1. The Bertz CT molecular complexity index is 1200. The highest BCUT2D eigenvalue weighted by Gasteiger charge is 2.12. The minimum absolute atomic E-state index is 0.0477. The summed E-state index contributed by atoms with van der Waals surface area (Å²) in [6.45, 7) is 2.46. The lowest BCUT2D eigenvalue weighted by molar-refractivity contribution is -0.112. The first-order valence-electron chi connectivity index (χ1n) is 10.2. The minimum atomic E-state index is -0.987. The van der Waals surface area contributed by atoms with Gasteiger partial charge in [-0.05, 0) is 60.5 Å². The number of carboxylic acids is 1. The topological polar surface area (TPSA) is 109 Å². The summed E-state index contributed by atoms with van der Waals surface area (Å²) in [5.41, 5.74) is 2.16. The number of benzene rings is 3. The normalized spacial score (nSPS) is 10.7. The standard InChI is InChI=1S/C26H22N2O5/c1-2-32-24-15-19(14-21(16-27)25(29)28-22-6-4-3-5-7-22)10-13-23(24)33-17-18-8-11-20(12-9-18)26(30)31/h3-15H,2,17H2,1H3,(H,28,29)(H,30,31)/b21-14-. The van der Waals surface area contributed by atoms with Crippen LogP contribution in [0.2, 0.25) is 0 Å². The van der Waals surface area contributed by atoms with Gasteiger partial charge in [-0.2, -0.15) is 5.26 Å². The number of carbonyl (C=O) groups excluding carboxylic acids is 1. The lowest BCUT2D eigenvalue weighted by atomic mass is 10.1. The molecule has 0 radical (unpaired) electrons. The summed E-state index contributed by atoms with van der Waals surface area (Å²) in [5.74, 6) is -0.538. The Balaban J connectivity index is 1.75. The zero-order valence-corrected chi connectivity index (χ0v) is 17.9. The predicted molar refractivity (Wildman–Crippen MR) is 124 cm³/mol. The van der Waals surface area contributed by atoms with E-state index in [0.29, 0.717) is 29.4 Å². The van der Waals surface area contributed by atoms with Crippen LogP contribution in [0.1, 0.15) is 28.4 Å². The number of hydrogen-bond donors (Lipinski definition) is 2.